The minimum absolute atomic E-state index is 0.124. The SMILES string of the molecule is C=C1C(=O)O[C@H]2[C@H]3O[C@](C)(CC[C@@H](OC(C)=O)[C@H]3COC(C)=O)C[C@H](OC(=O)/C(=C/C)COC(C)=O)[C@H]12. The predicted octanol–water partition coefficient (Wildman–Crippen LogP) is 1.96. The summed E-state index contributed by atoms with van der Waals surface area (Å²) in [5.74, 6) is -4.33. The van der Waals surface area contributed by atoms with E-state index >= 15 is 0 Å². The Balaban J connectivity index is 1.97. The fourth-order valence-electron chi connectivity index (χ4n) is 5.22. The van der Waals surface area contributed by atoms with Crippen molar-refractivity contribution in [2.24, 2.45) is 11.8 Å². The number of ether oxygens (including phenoxy) is 6. The molecule has 0 N–H and O–H groups in total. The van der Waals surface area contributed by atoms with Crippen molar-refractivity contribution in [3.05, 3.63) is 23.8 Å². The molecule has 3 aliphatic rings. The molecule has 37 heavy (non-hydrogen) atoms. The summed E-state index contributed by atoms with van der Waals surface area (Å²) in [7, 11) is 0. The molecule has 11 heteroatoms. The molecule has 3 rings (SSSR count). The Morgan fingerprint density at radius 3 is 2.30 bits per heavy atom. The third kappa shape index (κ3) is 6.57. The summed E-state index contributed by atoms with van der Waals surface area (Å²) in [6, 6.07) is 0. The summed E-state index contributed by atoms with van der Waals surface area (Å²) in [5, 5.41) is 0. The first kappa shape index (κ1) is 28.4. The van der Waals surface area contributed by atoms with E-state index in [0.29, 0.717) is 12.8 Å². The first-order valence-corrected chi connectivity index (χ1v) is 12.2. The number of fused-ring (bicyclic) bond motifs is 4. The zero-order valence-electron chi connectivity index (χ0n) is 21.8. The van der Waals surface area contributed by atoms with E-state index in [1.54, 1.807) is 6.92 Å². The summed E-state index contributed by atoms with van der Waals surface area (Å²) in [6.07, 6.45) is -0.773. The summed E-state index contributed by atoms with van der Waals surface area (Å²) >= 11 is 0. The molecule has 204 valence electrons. The summed E-state index contributed by atoms with van der Waals surface area (Å²) < 4.78 is 33.9. The van der Waals surface area contributed by atoms with E-state index in [1.807, 2.05) is 6.92 Å². The number of esters is 5. The van der Waals surface area contributed by atoms with E-state index in [2.05, 4.69) is 6.58 Å². The van der Waals surface area contributed by atoms with Crippen LogP contribution in [0.5, 0.6) is 0 Å². The molecule has 0 aromatic carbocycles. The number of allylic oxidation sites excluding steroid dienone is 1. The highest BCUT2D eigenvalue weighted by Crippen LogP contribution is 2.48. The smallest absolute Gasteiger partial charge is 0.337 e. The van der Waals surface area contributed by atoms with Crippen molar-refractivity contribution >= 4 is 29.8 Å². The van der Waals surface area contributed by atoms with E-state index in [0.717, 1.165) is 0 Å². The van der Waals surface area contributed by atoms with Crippen molar-refractivity contribution in [3.63, 3.8) is 0 Å². The monoisotopic (exact) mass is 522 g/mol. The van der Waals surface area contributed by atoms with E-state index in [-0.39, 0.29) is 30.8 Å². The number of carbonyl (C=O) groups excluding carboxylic acids is 5. The van der Waals surface area contributed by atoms with Crippen molar-refractivity contribution in [2.45, 2.75) is 83.9 Å². The number of rotatable bonds is 7. The Morgan fingerprint density at radius 2 is 1.70 bits per heavy atom. The molecule has 3 heterocycles. The normalized spacial score (nSPS) is 33.3. The zero-order chi connectivity index (χ0) is 27.5. The van der Waals surface area contributed by atoms with Gasteiger partial charge >= 0.3 is 29.8 Å². The maximum atomic E-state index is 13.0. The molecule has 0 radical (unpaired) electrons. The van der Waals surface area contributed by atoms with Crippen LogP contribution in [0, 0.1) is 11.8 Å². The molecule has 0 amide bonds. The molecule has 0 aromatic heterocycles. The third-order valence-corrected chi connectivity index (χ3v) is 6.99. The second-order valence-electron chi connectivity index (χ2n) is 9.85. The van der Waals surface area contributed by atoms with Crippen molar-refractivity contribution in [3.8, 4) is 0 Å². The number of hydrogen-bond acceptors (Lipinski definition) is 11. The van der Waals surface area contributed by atoms with Gasteiger partial charge in [0.2, 0.25) is 0 Å². The van der Waals surface area contributed by atoms with Crippen LogP contribution < -0.4 is 0 Å². The van der Waals surface area contributed by atoms with Crippen LogP contribution in [0.25, 0.3) is 0 Å². The van der Waals surface area contributed by atoms with Gasteiger partial charge in [0.05, 0.1) is 23.0 Å². The van der Waals surface area contributed by atoms with Crippen molar-refractivity contribution in [1.29, 1.82) is 0 Å². The largest absolute Gasteiger partial charge is 0.465 e. The van der Waals surface area contributed by atoms with Crippen LogP contribution >= 0.6 is 0 Å². The van der Waals surface area contributed by atoms with Crippen LogP contribution in [0.2, 0.25) is 0 Å². The molecule has 3 saturated heterocycles. The molecule has 3 aliphatic heterocycles. The summed E-state index contributed by atoms with van der Waals surface area (Å²) in [4.78, 5) is 60.4. The molecule has 0 aliphatic carbocycles. The van der Waals surface area contributed by atoms with Gasteiger partial charge in [-0.25, -0.2) is 9.59 Å². The Labute approximate surface area is 215 Å². The first-order valence-electron chi connectivity index (χ1n) is 12.2. The highest BCUT2D eigenvalue weighted by Gasteiger charge is 2.59. The van der Waals surface area contributed by atoms with Gasteiger partial charge in [0.1, 0.15) is 37.6 Å². The van der Waals surface area contributed by atoms with Gasteiger partial charge in [-0.05, 0) is 26.7 Å². The van der Waals surface area contributed by atoms with Crippen LogP contribution in [0.3, 0.4) is 0 Å². The number of carbonyl (C=O) groups is 5. The predicted molar refractivity (Wildman–Crippen MR) is 126 cm³/mol. The summed E-state index contributed by atoms with van der Waals surface area (Å²) in [6.45, 7) is 10.8. The van der Waals surface area contributed by atoms with Crippen LogP contribution in [-0.4, -0.2) is 73.1 Å². The topological polar surface area (TPSA) is 141 Å². The van der Waals surface area contributed by atoms with Gasteiger partial charge in [-0.2, -0.15) is 0 Å². The second-order valence-corrected chi connectivity index (χ2v) is 9.85. The lowest BCUT2D eigenvalue weighted by Gasteiger charge is -2.35. The van der Waals surface area contributed by atoms with Crippen molar-refractivity contribution in [2.75, 3.05) is 13.2 Å². The van der Waals surface area contributed by atoms with Gasteiger partial charge in [0.15, 0.2) is 0 Å². The van der Waals surface area contributed by atoms with Crippen LogP contribution in [0.15, 0.2) is 23.8 Å². The highest BCUT2D eigenvalue weighted by atomic mass is 16.6. The molecule has 0 unspecified atom stereocenters. The average Bonchev–Trinajstić information content (AvgIpc) is 2.94. The van der Waals surface area contributed by atoms with Crippen LogP contribution in [0.4, 0.5) is 0 Å². The van der Waals surface area contributed by atoms with Crippen molar-refractivity contribution in [1.82, 2.24) is 0 Å². The molecule has 0 aromatic rings. The van der Waals surface area contributed by atoms with Crippen molar-refractivity contribution < 1.29 is 52.4 Å². The molecule has 7 atom stereocenters. The van der Waals surface area contributed by atoms with Gasteiger partial charge < -0.3 is 28.4 Å². The Bertz CT molecular complexity index is 998. The quantitative estimate of drug-likeness (QED) is 0.275. The molecular weight excluding hydrogens is 488 g/mol. The molecule has 2 bridgehead atoms. The highest BCUT2D eigenvalue weighted by molar-refractivity contribution is 5.92. The maximum Gasteiger partial charge on any atom is 0.337 e. The molecule has 0 saturated carbocycles. The molecular formula is C26H34O11. The van der Waals surface area contributed by atoms with E-state index < -0.39 is 71.7 Å². The number of hydrogen-bond donors (Lipinski definition) is 0. The molecule has 0 spiro atoms. The van der Waals surface area contributed by atoms with Crippen LogP contribution in [0.1, 0.15) is 53.9 Å². The zero-order valence-corrected chi connectivity index (χ0v) is 21.8. The lowest BCUT2D eigenvalue weighted by atomic mass is 9.78. The van der Waals surface area contributed by atoms with Gasteiger partial charge in [-0.1, -0.05) is 12.7 Å². The fourth-order valence-corrected chi connectivity index (χ4v) is 5.22. The second kappa shape index (κ2) is 11.5. The Kier molecular flexibility index (Phi) is 8.78. The average molecular weight is 523 g/mol. The molecule has 3 fully saturated rings. The van der Waals surface area contributed by atoms with Gasteiger partial charge in [-0.15, -0.1) is 0 Å². The lowest BCUT2D eigenvalue weighted by molar-refractivity contribution is -0.178. The fraction of sp³-hybridized carbons (Fsp3) is 0.654. The van der Waals surface area contributed by atoms with E-state index in [1.165, 1.54) is 26.8 Å². The minimum Gasteiger partial charge on any atom is -0.465 e. The van der Waals surface area contributed by atoms with Crippen LogP contribution in [-0.2, 0) is 52.4 Å². The Morgan fingerprint density at radius 1 is 1.03 bits per heavy atom. The summed E-state index contributed by atoms with van der Waals surface area (Å²) in [5.41, 5.74) is -0.596. The minimum atomic E-state index is -0.932. The van der Waals surface area contributed by atoms with E-state index in [9.17, 15) is 24.0 Å². The lowest BCUT2D eigenvalue weighted by Crippen LogP contribution is -2.48. The van der Waals surface area contributed by atoms with Gasteiger partial charge in [0.25, 0.3) is 0 Å². The first-order chi connectivity index (χ1) is 17.3. The van der Waals surface area contributed by atoms with Gasteiger partial charge in [-0.3, -0.25) is 14.4 Å². The van der Waals surface area contributed by atoms with Gasteiger partial charge in [0, 0.05) is 32.8 Å². The maximum absolute atomic E-state index is 13.0. The molecule has 11 nitrogen and oxygen atoms in total. The van der Waals surface area contributed by atoms with E-state index in [4.69, 9.17) is 28.4 Å². The third-order valence-electron chi connectivity index (χ3n) is 6.99. The Hall–Kier alpha value is -3.21. The standard InChI is InChI=1S/C26H34O11/c1-7-17(11-32-14(3)27)25(31)35-20-10-26(6)9-8-19(34-16(5)29)18(12-33-15(4)28)22(37-26)23-21(20)13(2)24(30)36-23/h7,18-23H,2,8-12H2,1,3-6H3/b17-7+/t18-,19-,20+,21+,22+,23-,26-/m1/s1.